The van der Waals surface area contributed by atoms with Gasteiger partial charge in [0.15, 0.2) is 0 Å². The van der Waals surface area contributed by atoms with Gasteiger partial charge in [-0.25, -0.2) is 0 Å². The van der Waals surface area contributed by atoms with Crippen LogP contribution in [0, 0.1) is 5.92 Å². The fourth-order valence-corrected chi connectivity index (χ4v) is 5.49. The summed E-state index contributed by atoms with van der Waals surface area (Å²) >= 11 is 0. The van der Waals surface area contributed by atoms with Gasteiger partial charge < -0.3 is 38.5 Å². The summed E-state index contributed by atoms with van der Waals surface area (Å²) in [6.45, 7) is 9.99. The summed E-state index contributed by atoms with van der Waals surface area (Å²) in [5, 5.41) is 5.65. The van der Waals surface area contributed by atoms with Crippen LogP contribution in [-0.4, -0.2) is 66.6 Å². The molecule has 3 atom stereocenters. The van der Waals surface area contributed by atoms with Crippen molar-refractivity contribution in [1.29, 1.82) is 0 Å². The molecule has 0 bridgehead atoms. The molecule has 1 heterocycles. The Bertz CT molecular complexity index is 1420. The van der Waals surface area contributed by atoms with Gasteiger partial charge in [0.05, 0.1) is 52.9 Å². The fourth-order valence-electron chi connectivity index (χ4n) is 5.49. The first kappa shape index (κ1) is 34.2. The number of para-hydroxylation sites is 1. The standard InChI is InChI=1S/C37H47NO7/c1-6-31(43-19-11-18-42-25-30-13-8-10-15-33(30)40-4)17-16-27(2)37-35(22-38-23-36(37)45-26-39-3)44-24-28-20-29-12-7-9-14-32(29)34(21-28)41-5/h6-10,12-17,20-21,35-38H,2,11,18-19,22-26H2,1,3-5H3/b17-16-,31-6+/t35?,36?,37-/m1/s1. The van der Waals surface area contributed by atoms with Crippen LogP contribution in [0.2, 0.25) is 0 Å². The summed E-state index contributed by atoms with van der Waals surface area (Å²) in [6, 6.07) is 20.3. The van der Waals surface area contributed by atoms with E-state index in [4.69, 9.17) is 33.2 Å². The molecule has 1 N–H and O–H groups in total. The number of rotatable bonds is 18. The molecular formula is C37H47NO7. The van der Waals surface area contributed by atoms with Gasteiger partial charge in [-0.15, -0.1) is 0 Å². The maximum absolute atomic E-state index is 6.54. The molecule has 4 rings (SSSR count). The Balaban J connectivity index is 1.33. The van der Waals surface area contributed by atoms with Crippen LogP contribution in [0.3, 0.4) is 0 Å². The van der Waals surface area contributed by atoms with Crippen LogP contribution in [0.4, 0.5) is 0 Å². The number of piperidine rings is 1. The lowest BCUT2D eigenvalue weighted by atomic mass is 9.85. The minimum absolute atomic E-state index is 0.0820. The highest BCUT2D eigenvalue weighted by Crippen LogP contribution is 2.31. The quantitative estimate of drug-likeness (QED) is 0.0742. The summed E-state index contributed by atoms with van der Waals surface area (Å²) in [4.78, 5) is 0. The van der Waals surface area contributed by atoms with Crippen LogP contribution in [0.15, 0.2) is 96.8 Å². The Morgan fingerprint density at radius 3 is 2.40 bits per heavy atom. The second-order valence-corrected chi connectivity index (χ2v) is 10.8. The molecule has 0 radical (unpaired) electrons. The number of fused-ring (bicyclic) bond motifs is 1. The first-order valence-corrected chi connectivity index (χ1v) is 15.4. The molecule has 45 heavy (non-hydrogen) atoms. The van der Waals surface area contributed by atoms with Crippen LogP contribution in [0.5, 0.6) is 11.5 Å². The molecule has 0 saturated carbocycles. The van der Waals surface area contributed by atoms with Crippen molar-refractivity contribution >= 4 is 10.8 Å². The predicted molar refractivity (Wildman–Crippen MR) is 177 cm³/mol. The molecule has 2 unspecified atom stereocenters. The van der Waals surface area contributed by atoms with Crippen molar-refractivity contribution < 1.29 is 33.2 Å². The summed E-state index contributed by atoms with van der Waals surface area (Å²) in [7, 11) is 4.99. The number of nitrogens with one attached hydrogen (secondary N) is 1. The lowest BCUT2D eigenvalue weighted by Gasteiger charge is -2.38. The third-order valence-corrected chi connectivity index (χ3v) is 7.79. The molecule has 3 aromatic rings. The van der Waals surface area contributed by atoms with E-state index < -0.39 is 0 Å². The van der Waals surface area contributed by atoms with Gasteiger partial charge in [-0.3, -0.25) is 0 Å². The molecule has 0 aliphatic carbocycles. The summed E-state index contributed by atoms with van der Waals surface area (Å²) in [6.07, 6.45) is 6.34. The smallest absolute Gasteiger partial charge is 0.146 e. The highest BCUT2D eigenvalue weighted by Gasteiger charge is 2.36. The molecule has 242 valence electrons. The van der Waals surface area contributed by atoms with Crippen molar-refractivity contribution in [3.05, 3.63) is 108 Å². The number of methoxy groups -OCH3 is 3. The zero-order valence-electron chi connectivity index (χ0n) is 27.0. The first-order valence-electron chi connectivity index (χ1n) is 15.4. The van der Waals surface area contributed by atoms with Crippen LogP contribution in [-0.2, 0) is 36.9 Å². The van der Waals surface area contributed by atoms with E-state index in [-0.39, 0.29) is 24.9 Å². The van der Waals surface area contributed by atoms with E-state index in [9.17, 15) is 0 Å². The van der Waals surface area contributed by atoms with Gasteiger partial charge >= 0.3 is 0 Å². The van der Waals surface area contributed by atoms with E-state index >= 15 is 0 Å². The van der Waals surface area contributed by atoms with E-state index in [0.717, 1.165) is 51.2 Å². The Morgan fingerprint density at radius 2 is 1.62 bits per heavy atom. The van der Waals surface area contributed by atoms with E-state index in [1.54, 1.807) is 21.3 Å². The monoisotopic (exact) mass is 617 g/mol. The second-order valence-electron chi connectivity index (χ2n) is 10.8. The number of hydrogen-bond acceptors (Lipinski definition) is 8. The van der Waals surface area contributed by atoms with Crippen LogP contribution >= 0.6 is 0 Å². The average molecular weight is 618 g/mol. The maximum Gasteiger partial charge on any atom is 0.146 e. The van der Waals surface area contributed by atoms with Gasteiger partial charge in [0.2, 0.25) is 0 Å². The Labute approximate surface area is 267 Å². The summed E-state index contributed by atoms with van der Waals surface area (Å²) in [5.74, 6) is 2.35. The van der Waals surface area contributed by atoms with Crippen molar-refractivity contribution in [3.63, 3.8) is 0 Å². The minimum Gasteiger partial charge on any atom is -0.496 e. The van der Waals surface area contributed by atoms with Gasteiger partial charge in [0.1, 0.15) is 24.1 Å². The Hall–Kier alpha value is -3.66. The topological polar surface area (TPSA) is 76.6 Å². The third-order valence-electron chi connectivity index (χ3n) is 7.79. The largest absolute Gasteiger partial charge is 0.496 e. The van der Waals surface area contributed by atoms with Gasteiger partial charge in [0, 0.05) is 43.5 Å². The van der Waals surface area contributed by atoms with Crippen LogP contribution < -0.4 is 14.8 Å². The second kappa shape index (κ2) is 18.3. The first-order chi connectivity index (χ1) is 22.1. The minimum atomic E-state index is -0.164. The summed E-state index contributed by atoms with van der Waals surface area (Å²) in [5.41, 5.74) is 2.98. The molecule has 1 fully saturated rings. The van der Waals surface area contributed by atoms with E-state index in [1.165, 1.54) is 0 Å². The van der Waals surface area contributed by atoms with Crippen molar-refractivity contribution in [2.45, 2.75) is 38.8 Å². The Kier molecular flexibility index (Phi) is 13.9. The van der Waals surface area contributed by atoms with Crippen molar-refractivity contribution in [1.82, 2.24) is 5.32 Å². The van der Waals surface area contributed by atoms with E-state index in [2.05, 4.69) is 30.1 Å². The maximum atomic E-state index is 6.54. The van der Waals surface area contributed by atoms with Crippen LogP contribution in [0.1, 0.15) is 24.5 Å². The average Bonchev–Trinajstić information content (AvgIpc) is 3.08. The number of ether oxygens (including phenoxy) is 7. The lowest BCUT2D eigenvalue weighted by molar-refractivity contribution is -0.123. The molecule has 3 aromatic carbocycles. The van der Waals surface area contributed by atoms with E-state index in [1.807, 2.05) is 67.6 Å². The lowest BCUT2D eigenvalue weighted by Crippen LogP contribution is -2.52. The molecule has 1 aliphatic rings. The molecular weight excluding hydrogens is 570 g/mol. The molecule has 1 aliphatic heterocycles. The van der Waals surface area contributed by atoms with Gasteiger partial charge in [-0.1, -0.05) is 55.1 Å². The Morgan fingerprint density at radius 1 is 0.867 bits per heavy atom. The van der Waals surface area contributed by atoms with Crippen molar-refractivity contribution in [2.75, 3.05) is 54.4 Å². The molecule has 1 saturated heterocycles. The number of benzene rings is 3. The normalized spacial score (nSPS) is 18.8. The zero-order chi connectivity index (χ0) is 31.9. The third kappa shape index (κ3) is 9.91. The SMILES string of the molecule is C=C(/C=C\C(=C/C)OCCCOCc1ccccc1OC)[C@H]1C(OCOC)CNCC1OCc1cc(OC)c2ccccc2c1. The van der Waals surface area contributed by atoms with Crippen LogP contribution in [0.25, 0.3) is 10.8 Å². The van der Waals surface area contributed by atoms with Crippen molar-refractivity contribution in [3.8, 4) is 11.5 Å². The highest BCUT2D eigenvalue weighted by atomic mass is 16.7. The molecule has 0 amide bonds. The van der Waals surface area contributed by atoms with Gasteiger partial charge in [-0.2, -0.15) is 0 Å². The molecule has 8 heteroatoms. The highest BCUT2D eigenvalue weighted by molar-refractivity contribution is 5.89. The predicted octanol–water partition coefficient (Wildman–Crippen LogP) is 6.59. The van der Waals surface area contributed by atoms with Crippen molar-refractivity contribution in [2.24, 2.45) is 5.92 Å². The molecule has 8 nitrogen and oxygen atoms in total. The fraction of sp³-hybridized carbons (Fsp3) is 0.405. The molecule has 0 aromatic heterocycles. The van der Waals surface area contributed by atoms with E-state index in [0.29, 0.717) is 39.5 Å². The number of allylic oxidation sites excluding steroid dienone is 3. The zero-order valence-corrected chi connectivity index (χ0v) is 27.0. The summed E-state index contributed by atoms with van der Waals surface area (Å²) < 4.78 is 40.8. The van der Waals surface area contributed by atoms with Gasteiger partial charge in [0.25, 0.3) is 0 Å². The molecule has 0 spiro atoms. The number of hydrogen-bond donors (Lipinski definition) is 1. The van der Waals surface area contributed by atoms with Gasteiger partial charge in [-0.05, 0) is 53.8 Å².